The van der Waals surface area contributed by atoms with Crippen molar-refractivity contribution in [2.24, 2.45) is 0 Å². The SMILES string of the molecule is Cc1ccc(C2CCCN2CC(=O)NC(C)C(=O)N(C)C)cc1C. The van der Waals surface area contributed by atoms with Crippen LogP contribution in [0.4, 0.5) is 0 Å². The van der Waals surface area contributed by atoms with Crippen LogP contribution in [-0.4, -0.2) is 54.8 Å². The van der Waals surface area contributed by atoms with Gasteiger partial charge in [-0.15, -0.1) is 0 Å². The van der Waals surface area contributed by atoms with Gasteiger partial charge in [0.25, 0.3) is 0 Å². The summed E-state index contributed by atoms with van der Waals surface area (Å²) in [6, 6.07) is 6.35. The maximum Gasteiger partial charge on any atom is 0.244 e. The van der Waals surface area contributed by atoms with Crippen LogP contribution >= 0.6 is 0 Å². The molecule has 0 spiro atoms. The van der Waals surface area contributed by atoms with E-state index in [0.717, 1.165) is 19.4 Å². The van der Waals surface area contributed by atoms with E-state index in [0.29, 0.717) is 6.54 Å². The molecule has 1 fully saturated rings. The van der Waals surface area contributed by atoms with Crippen LogP contribution in [0.1, 0.15) is 42.5 Å². The highest BCUT2D eigenvalue weighted by Crippen LogP contribution is 2.32. The predicted molar refractivity (Wildman–Crippen MR) is 95.8 cm³/mol. The number of hydrogen-bond donors (Lipinski definition) is 1. The number of carbonyl (C=O) groups excluding carboxylic acids is 2. The first kappa shape index (κ1) is 18.5. The van der Waals surface area contributed by atoms with E-state index in [9.17, 15) is 9.59 Å². The second-order valence-electron chi connectivity index (χ2n) is 6.99. The van der Waals surface area contributed by atoms with Gasteiger partial charge < -0.3 is 10.2 Å². The van der Waals surface area contributed by atoms with Gasteiger partial charge >= 0.3 is 0 Å². The lowest BCUT2D eigenvalue weighted by molar-refractivity contribution is -0.134. The molecule has 5 heteroatoms. The van der Waals surface area contributed by atoms with Gasteiger partial charge in [0.05, 0.1) is 6.54 Å². The summed E-state index contributed by atoms with van der Waals surface area (Å²) in [4.78, 5) is 27.9. The van der Waals surface area contributed by atoms with Crippen molar-refractivity contribution >= 4 is 11.8 Å². The Morgan fingerprint density at radius 1 is 1.29 bits per heavy atom. The molecule has 1 aromatic carbocycles. The molecular weight excluding hydrogens is 302 g/mol. The Bertz CT molecular complexity index is 613. The van der Waals surface area contributed by atoms with E-state index in [1.54, 1.807) is 21.0 Å². The zero-order valence-electron chi connectivity index (χ0n) is 15.4. The number of likely N-dealkylation sites (tertiary alicyclic amines) is 1. The number of nitrogens with one attached hydrogen (secondary N) is 1. The van der Waals surface area contributed by atoms with E-state index < -0.39 is 6.04 Å². The third kappa shape index (κ3) is 4.35. The Hall–Kier alpha value is -1.88. The predicted octanol–water partition coefficient (Wildman–Crippen LogP) is 2.03. The average molecular weight is 331 g/mol. The lowest BCUT2D eigenvalue weighted by atomic mass is 9.99. The molecule has 0 aromatic heterocycles. The smallest absolute Gasteiger partial charge is 0.244 e. The molecule has 1 aliphatic rings. The van der Waals surface area contributed by atoms with Crippen molar-refractivity contribution in [1.29, 1.82) is 0 Å². The van der Waals surface area contributed by atoms with E-state index >= 15 is 0 Å². The van der Waals surface area contributed by atoms with Gasteiger partial charge in [-0.25, -0.2) is 0 Å². The van der Waals surface area contributed by atoms with Gasteiger partial charge in [0.1, 0.15) is 6.04 Å². The van der Waals surface area contributed by atoms with Gasteiger partial charge in [-0.05, 0) is 56.8 Å². The first-order valence-electron chi connectivity index (χ1n) is 8.61. The Morgan fingerprint density at radius 3 is 2.62 bits per heavy atom. The van der Waals surface area contributed by atoms with E-state index in [-0.39, 0.29) is 17.9 Å². The van der Waals surface area contributed by atoms with Gasteiger partial charge in [-0.2, -0.15) is 0 Å². The number of aryl methyl sites for hydroxylation is 2. The van der Waals surface area contributed by atoms with Crippen molar-refractivity contribution in [2.75, 3.05) is 27.2 Å². The molecule has 0 bridgehead atoms. The summed E-state index contributed by atoms with van der Waals surface area (Å²) in [7, 11) is 3.39. The normalized spacial score (nSPS) is 19.1. The molecule has 1 N–H and O–H groups in total. The average Bonchev–Trinajstić information content (AvgIpc) is 2.96. The second kappa shape index (κ2) is 7.79. The van der Waals surface area contributed by atoms with E-state index in [1.165, 1.54) is 21.6 Å². The summed E-state index contributed by atoms with van der Waals surface area (Å²) in [6.45, 7) is 7.22. The molecule has 1 aromatic rings. The van der Waals surface area contributed by atoms with Gasteiger partial charge in [0.2, 0.25) is 11.8 Å². The van der Waals surface area contributed by atoms with Crippen LogP contribution in [0.15, 0.2) is 18.2 Å². The maximum atomic E-state index is 12.3. The number of nitrogens with zero attached hydrogens (tertiary/aromatic N) is 2. The first-order chi connectivity index (χ1) is 11.3. The third-order valence-electron chi connectivity index (χ3n) is 4.81. The monoisotopic (exact) mass is 331 g/mol. The van der Waals surface area contributed by atoms with Crippen molar-refractivity contribution in [3.8, 4) is 0 Å². The maximum absolute atomic E-state index is 12.3. The molecule has 2 unspecified atom stereocenters. The fourth-order valence-electron chi connectivity index (χ4n) is 3.29. The largest absolute Gasteiger partial charge is 0.347 e. The highest BCUT2D eigenvalue weighted by molar-refractivity contribution is 5.87. The summed E-state index contributed by atoms with van der Waals surface area (Å²) >= 11 is 0. The summed E-state index contributed by atoms with van der Waals surface area (Å²) in [5, 5.41) is 2.81. The van der Waals surface area contributed by atoms with Crippen LogP contribution in [0.3, 0.4) is 0 Å². The minimum absolute atomic E-state index is 0.0875. The Balaban J connectivity index is 1.99. The molecule has 1 saturated heterocycles. The molecule has 2 atom stereocenters. The zero-order chi connectivity index (χ0) is 17.9. The molecule has 2 rings (SSSR count). The molecular formula is C19H29N3O2. The van der Waals surface area contributed by atoms with Crippen molar-refractivity contribution < 1.29 is 9.59 Å². The quantitative estimate of drug-likeness (QED) is 0.898. The Kier molecular flexibility index (Phi) is 5.99. The summed E-state index contributed by atoms with van der Waals surface area (Å²) in [5.74, 6) is -0.177. The summed E-state index contributed by atoms with van der Waals surface area (Å²) < 4.78 is 0. The summed E-state index contributed by atoms with van der Waals surface area (Å²) in [6.07, 6.45) is 2.17. The van der Waals surface area contributed by atoms with Crippen LogP contribution < -0.4 is 5.32 Å². The van der Waals surface area contributed by atoms with Crippen LogP contribution in [0, 0.1) is 13.8 Å². The fourth-order valence-corrected chi connectivity index (χ4v) is 3.29. The van der Waals surface area contributed by atoms with Crippen LogP contribution in [0.2, 0.25) is 0 Å². The van der Waals surface area contributed by atoms with Crippen LogP contribution in [0.5, 0.6) is 0 Å². The number of carbonyl (C=O) groups is 2. The van der Waals surface area contributed by atoms with Crippen LogP contribution in [-0.2, 0) is 9.59 Å². The molecule has 0 aliphatic carbocycles. The fraction of sp³-hybridized carbons (Fsp3) is 0.579. The van der Waals surface area contributed by atoms with Crippen LogP contribution in [0.25, 0.3) is 0 Å². The molecule has 5 nitrogen and oxygen atoms in total. The lowest BCUT2D eigenvalue weighted by Crippen LogP contribution is -2.47. The topological polar surface area (TPSA) is 52.7 Å². The highest BCUT2D eigenvalue weighted by Gasteiger charge is 2.28. The van der Waals surface area contributed by atoms with Gasteiger partial charge in [-0.1, -0.05) is 18.2 Å². The minimum atomic E-state index is -0.491. The number of rotatable bonds is 5. The number of amides is 2. The van der Waals surface area contributed by atoms with E-state index in [4.69, 9.17) is 0 Å². The first-order valence-corrected chi connectivity index (χ1v) is 8.61. The van der Waals surface area contributed by atoms with Crippen molar-refractivity contribution in [1.82, 2.24) is 15.1 Å². The molecule has 0 radical (unpaired) electrons. The Labute approximate surface area is 145 Å². The van der Waals surface area contributed by atoms with Gasteiger partial charge in [-0.3, -0.25) is 14.5 Å². The standard InChI is InChI=1S/C19H29N3O2/c1-13-8-9-16(11-14(13)2)17-7-6-10-22(17)12-18(23)20-15(3)19(24)21(4)5/h8-9,11,15,17H,6-7,10,12H2,1-5H3,(H,20,23). The Morgan fingerprint density at radius 2 is 2.00 bits per heavy atom. The molecule has 2 amide bonds. The van der Waals surface area contributed by atoms with E-state index in [1.807, 2.05) is 0 Å². The second-order valence-corrected chi connectivity index (χ2v) is 6.99. The molecule has 0 saturated carbocycles. The number of benzene rings is 1. The molecule has 1 heterocycles. The molecule has 132 valence electrons. The molecule has 1 aliphatic heterocycles. The number of likely N-dealkylation sites (N-methyl/N-ethyl adjacent to an activating group) is 1. The molecule has 24 heavy (non-hydrogen) atoms. The van der Waals surface area contributed by atoms with Crippen molar-refractivity contribution in [3.63, 3.8) is 0 Å². The zero-order valence-corrected chi connectivity index (χ0v) is 15.4. The van der Waals surface area contributed by atoms with Crippen molar-refractivity contribution in [2.45, 2.75) is 45.7 Å². The van der Waals surface area contributed by atoms with E-state index in [2.05, 4.69) is 42.3 Å². The lowest BCUT2D eigenvalue weighted by Gasteiger charge is -2.26. The minimum Gasteiger partial charge on any atom is -0.347 e. The summed E-state index contributed by atoms with van der Waals surface area (Å²) in [5.41, 5.74) is 3.85. The van der Waals surface area contributed by atoms with Gasteiger partial charge in [0.15, 0.2) is 0 Å². The highest BCUT2D eigenvalue weighted by atomic mass is 16.2. The number of hydrogen-bond acceptors (Lipinski definition) is 3. The van der Waals surface area contributed by atoms with Gasteiger partial charge in [0, 0.05) is 20.1 Å². The van der Waals surface area contributed by atoms with Crippen molar-refractivity contribution in [3.05, 3.63) is 34.9 Å². The third-order valence-corrected chi connectivity index (χ3v) is 4.81.